The molecular weight excluding hydrogens is 292 g/mol. The van der Waals surface area contributed by atoms with Crippen molar-refractivity contribution < 1.29 is 4.79 Å². The Morgan fingerprint density at radius 2 is 1.86 bits per heavy atom. The number of thioether (sulfide) groups is 1. The molecule has 0 N–H and O–H groups in total. The second-order valence-corrected chi connectivity index (χ2v) is 6.13. The highest BCUT2D eigenvalue weighted by atomic mass is 32.2. The summed E-state index contributed by atoms with van der Waals surface area (Å²) in [6.45, 7) is 2.60. The van der Waals surface area contributed by atoms with E-state index >= 15 is 0 Å². The summed E-state index contributed by atoms with van der Waals surface area (Å²) < 4.78 is 0. The van der Waals surface area contributed by atoms with Crippen LogP contribution in [0.3, 0.4) is 0 Å². The van der Waals surface area contributed by atoms with Crippen molar-refractivity contribution in [1.29, 1.82) is 5.26 Å². The van der Waals surface area contributed by atoms with Crippen LogP contribution in [0, 0.1) is 18.3 Å². The normalized spacial score (nSPS) is 10.0. The molecule has 0 aliphatic heterocycles. The zero-order chi connectivity index (χ0) is 15.9. The van der Waals surface area contributed by atoms with Crippen LogP contribution < -0.4 is 0 Å². The summed E-state index contributed by atoms with van der Waals surface area (Å²) in [5.74, 6) is 0.523. The van der Waals surface area contributed by atoms with E-state index in [9.17, 15) is 4.79 Å². The molecule has 2 aromatic carbocycles. The first kappa shape index (κ1) is 16.1. The van der Waals surface area contributed by atoms with E-state index in [1.54, 1.807) is 35.8 Å². The largest absolute Gasteiger partial charge is 0.341 e. The SMILES string of the molecule is Cc1ccccc1SCC(=O)N(C)Cc1ccc(C#N)cc1. The number of amides is 1. The number of aryl methyl sites for hydroxylation is 1. The summed E-state index contributed by atoms with van der Waals surface area (Å²) in [5, 5.41) is 8.78. The fourth-order valence-corrected chi connectivity index (χ4v) is 2.98. The molecule has 0 aliphatic rings. The first-order valence-corrected chi connectivity index (χ1v) is 8.00. The second-order valence-electron chi connectivity index (χ2n) is 5.11. The zero-order valence-electron chi connectivity index (χ0n) is 12.7. The molecule has 1 amide bonds. The Bertz CT molecular complexity index is 689. The number of benzene rings is 2. The van der Waals surface area contributed by atoms with Crippen LogP contribution in [-0.2, 0) is 11.3 Å². The molecule has 0 aliphatic carbocycles. The molecule has 0 fully saturated rings. The van der Waals surface area contributed by atoms with Gasteiger partial charge in [-0.05, 0) is 36.2 Å². The molecule has 0 bridgehead atoms. The van der Waals surface area contributed by atoms with Crippen LogP contribution in [0.15, 0.2) is 53.4 Å². The van der Waals surface area contributed by atoms with Crippen molar-refractivity contribution in [2.75, 3.05) is 12.8 Å². The fraction of sp³-hybridized carbons (Fsp3) is 0.222. The molecule has 0 radical (unpaired) electrons. The van der Waals surface area contributed by atoms with Crippen LogP contribution in [0.25, 0.3) is 0 Å². The van der Waals surface area contributed by atoms with Crippen molar-refractivity contribution in [1.82, 2.24) is 4.90 Å². The van der Waals surface area contributed by atoms with E-state index in [4.69, 9.17) is 5.26 Å². The topological polar surface area (TPSA) is 44.1 Å². The number of nitrogens with zero attached hydrogens (tertiary/aromatic N) is 2. The Kier molecular flexibility index (Phi) is 5.62. The fourth-order valence-electron chi connectivity index (χ4n) is 2.01. The third-order valence-corrected chi connectivity index (χ3v) is 4.53. The summed E-state index contributed by atoms with van der Waals surface area (Å²) >= 11 is 1.57. The van der Waals surface area contributed by atoms with Crippen LogP contribution in [0.4, 0.5) is 0 Å². The lowest BCUT2D eigenvalue weighted by atomic mass is 10.1. The maximum absolute atomic E-state index is 12.2. The summed E-state index contributed by atoms with van der Waals surface area (Å²) in [5.41, 5.74) is 2.85. The van der Waals surface area contributed by atoms with Crippen molar-refractivity contribution in [2.45, 2.75) is 18.4 Å². The summed E-state index contributed by atoms with van der Waals surface area (Å²) in [6.07, 6.45) is 0. The van der Waals surface area contributed by atoms with Gasteiger partial charge in [-0.2, -0.15) is 5.26 Å². The Morgan fingerprint density at radius 3 is 2.50 bits per heavy atom. The third kappa shape index (κ3) is 4.37. The van der Waals surface area contributed by atoms with Gasteiger partial charge in [0, 0.05) is 18.5 Å². The van der Waals surface area contributed by atoms with Crippen molar-refractivity contribution in [3.05, 3.63) is 65.2 Å². The van der Waals surface area contributed by atoms with Crippen molar-refractivity contribution in [2.24, 2.45) is 0 Å². The zero-order valence-corrected chi connectivity index (χ0v) is 13.6. The number of carbonyl (C=O) groups excluding carboxylic acids is 1. The third-order valence-electron chi connectivity index (χ3n) is 3.37. The van der Waals surface area contributed by atoms with E-state index in [0.717, 1.165) is 10.5 Å². The number of carbonyl (C=O) groups is 1. The van der Waals surface area contributed by atoms with Gasteiger partial charge in [0.25, 0.3) is 0 Å². The molecule has 112 valence electrons. The van der Waals surface area contributed by atoms with Crippen molar-refractivity contribution >= 4 is 17.7 Å². The van der Waals surface area contributed by atoms with E-state index < -0.39 is 0 Å². The van der Waals surface area contributed by atoms with E-state index in [-0.39, 0.29) is 5.91 Å². The molecular formula is C18H18N2OS. The van der Waals surface area contributed by atoms with Gasteiger partial charge in [-0.3, -0.25) is 4.79 Å². The molecule has 0 saturated carbocycles. The maximum atomic E-state index is 12.2. The average Bonchev–Trinajstić information content (AvgIpc) is 2.54. The minimum atomic E-state index is 0.0950. The quantitative estimate of drug-likeness (QED) is 0.792. The molecule has 0 atom stereocenters. The molecule has 0 saturated heterocycles. The van der Waals surface area contributed by atoms with Crippen LogP contribution in [0.1, 0.15) is 16.7 Å². The monoisotopic (exact) mass is 310 g/mol. The number of nitriles is 1. The predicted molar refractivity (Wildman–Crippen MR) is 89.5 cm³/mol. The van der Waals surface area contributed by atoms with Crippen molar-refractivity contribution in [3.8, 4) is 6.07 Å². The molecule has 2 aromatic rings. The van der Waals surface area contributed by atoms with Gasteiger partial charge in [-0.15, -0.1) is 11.8 Å². The first-order valence-electron chi connectivity index (χ1n) is 7.01. The highest BCUT2D eigenvalue weighted by Crippen LogP contribution is 2.22. The Morgan fingerprint density at radius 1 is 1.18 bits per heavy atom. The number of hydrogen-bond donors (Lipinski definition) is 0. The van der Waals surface area contributed by atoms with Crippen LogP contribution >= 0.6 is 11.8 Å². The van der Waals surface area contributed by atoms with Gasteiger partial charge in [0.15, 0.2) is 0 Å². The van der Waals surface area contributed by atoms with E-state index in [1.165, 1.54) is 5.56 Å². The Hall–Kier alpha value is -2.25. The molecule has 22 heavy (non-hydrogen) atoms. The van der Waals surface area contributed by atoms with E-state index in [1.807, 2.05) is 43.3 Å². The number of rotatable bonds is 5. The lowest BCUT2D eigenvalue weighted by Gasteiger charge is -2.17. The van der Waals surface area contributed by atoms with Gasteiger partial charge < -0.3 is 4.90 Å². The molecule has 0 heterocycles. The van der Waals surface area contributed by atoms with Crippen molar-refractivity contribution in [3.63, 3.8) is 0 Å². The Balaban J connectivity index is 1.89. The maximum Gasteiger partial charge on any atom is 0.232 e. The number of hydrogen-bond acceptors (Lipinski definition) is 3. The summed E-state index contributed by atoms with van der Waals surface area (Å²) in [7, 11) is 1.80. The molecule has 4 heteroatoms. The van der Waals surface area contributed by atoms with Crippen LogP contribution in [0.5, 0.6) is 0 Å². The van der Waals surface area contributed by atoms with Gasteiger partial charge in [0.2, 0.25) is 5.91 Å². The predicted octanol–water partition coefficient (Wildman–Crippen LogP) is 3.62. The smallest absolute Gasteiger partial charge is 0.232 e. The molecule has 0 unspecified atom stereocenters. The lowest BCUT2D eigenvalue weighted by Crippen LogP contribution is -2.27. The molecule has 0 spiro atoms. The Labute approximate surface area is 135 Å². The van der Waals surface area contributed by atoms with Crippen LogP contribution in [-0.4, -0.2) is 23.6 Å². The van der Waals surface area contributed by atoms with Gasteiger partial charge in [0.1, 0.15) is 0 Å². The summed E-state index contributed by atoms with van der Waals surface area (Å²) in [4.78, 5) is 15.1. The van der Waals surface area contributed by atoms with Gasteiger partial charge in [-0.1, -0.05) is 30.3 Å². The average molecular weight is 310 g/mol. The highest BCUT2D eigenvalue weighted by molar-refractivity contribution is 8.00. The second kappa shape index (κ2) is 7.67. The highest BCUT2D eigenvalue weighted by Gasteiger charge is 2.10. The van der Waals surface area contributed by atoms with Crippen LogP contribution in [0.2, 0.25) is 0 Å². The van der Waals surface area contributed by atoms with E-state index in [2.05, 4.69) is 6.07 Å². The molecule has 3 nitrogen and oxygen atoms in total. The van der Waals surface area contributed by atoms with E-state index in [0.29, 0.717) is 17.9 Å². The van der Waals surface area contributed by atoms with Gasteiger partial charge in [-0.25, -0.2) is 0 Å². The minimum absolute atomic E-state index is 0.0950. The summed E-state index contributed by atoms with van der Waals surface area (Å²) in [6, 6.07) is 17.5. The first-order chi connectivity index (χ1) is 10.6. The lowest BCUT2D eigenvalue weighted by molar-refractivity contribution is -0.127. The molecule has 0 aromatic heterocycles. The minimum Gasteiger partial charge on any atom is -0.341 e. The standard InChI is InChI=1S/C18H18N2OS/c1-14-5-3-4-6-17(14)22-13-18(21)20(2)12-16-9-7-15(11-19)8-10-16/h3-10H,12-13H2,1-2H3. The van der Waals surface area contributed by atoms with Gasteiger partial charge >= 0.3 is 0 Å². The molecule has 2 rings (SSSR count). The van der Waals surface area contributed by atoms with Gasteiger partial charge in [0.05, 0.1) is 17.4 Å².